The highest BCUT2D eigenvalue weighted by molar-refractivity contribution is 6.07. The van der Waals surface area contributed by atoms with Crippen molar-refractivity contribution >= 4 is 11.7 Å². The standard InChI is InChI=1S/C15H21N3O2/c1-2-18(11-12-7-4-3-5-8-12)14(19)15(9-6-10-15)13(16)17-20/h3-5,7-8,20H,2,6,9-11H2,1H3,(H2,16,17). The van der Waals surface area contributed by atoms with Crippen molar-refractivity contribution in [2.75, 3.05) is 6.54 Å². The zero-order valence-corrected chi connectivity index (χ0v) is 11.7. The molecule has 0 heterocycles. The molecule has 1 aliphatic carbocycles. The molecule has 20 heavy (non-hydrogen) atoms. The molecule has 0 saturated heterocycles. The van der Waals surface area contributed by atoms with Crippen LogP contribution >= 0.6 is 0 Å². The van der Waals surface area contributed by atoms with Gasteiger partial charge in [-0.3, -0.25) is 4.79 Å². The van der Waals surface area contributed by atoms with Crippen LogP contribution in [0.2, 0.25) is 0 Å². The summed E-state index contributed by atoms with van der Waals surface area (Å²) in [5, 5.41) is 12.0. The van der Waals surface area contributed by atoms with Gasteiger partial charge in [0.05, 0.1) is 0 Å². The number of rotatable bonds is 5. The Hall–Kier alpha value is -2.04. The predicted octanol–water partition coefficient (Wildman–Crippen LogP) is 1.95. The molecule has 5 nitrogen and oxygen atoms in total. The lowest BCUT2D eigenvalue weighted by Crippen LogP contribution is -2.55. The van der Waals surface area contributed by atoms with Crippen LogP contribution in [0.1, 0.15) is 31.7 Å². The average Bonchev–Trinajstić information content (AvgIpc) is 2.44. The van der Waals surface area contributed by atoms with E-state index < -0.39 is 5.41 Å². The Balaban J connectivity index is 2.17. The minimum atomic E-state index is -0.792. The number of amidine groups is 1. The number of carbonyl (C=O) groups is 1. The highest BCUT2D eigenvalue weighted by Crippen LogP contribution is 2.43. The maximum atomic E-state index is 12.7. The minimum absolute atomic E-state index is 0.0367. The van der Waals surface area contributed by atoms with Crippen molar-refractivity contribution in [1.29, 1.82) is 0 Å². The quantitative estimate of drug-likeness (QED) is 0.373. The first-order chi connectivity index (χ1) is 9.64. The molecule has 0 aliphatic heterocycles. The van der Waals surface area contributed by atoms with Crippen LogP contribution in [0.25, 0.3) is 0 Å². The molecule has 0 radical (unpaired) electrons. The van der Waals surface area contributed by atoms with Crippen molar-refractivity contribution < 1.29 is 10.0 Å². The fourth-order valence-corrected chi connectivity index (χ4v) is 2.64. The van der Waals surface area contributed by atoms with Gasteiger partial charge in [-0.25, -0.2) is 0 Å². The molecule has 1 aromatic carbocycles. The molecule has 3 N–H and O–H groups in total. The molecule has 0 spiro atoms. The topological polar surface area (TPSA) is 78.9 Å². The summed E-state index contributed by atoms with van der Waals surface area (Å²) in [5.41, 5.74) is 6.04. The monoisotopic (exact) mass is 275 g/mol. The first kappa shape index (κ1) is 14.4. The Morgan fingerprint density at radius 1 is 1.40 bits per heavy atom. The molecule has 1 fully saturated rings. The molecule has 1 aliphatic rings. The fraction of sp³-hybridized carbons (Fsp3) is 0.467. The lowest BCUT2D eigenvalue weighted by Gasteiger charge is -2.42. The zero-order valence-electron chi connectivity index (χ0n) is 11.7. The highest BCUT2D eigenvalue weighted by atomic mass is 16.4. The van der Waals surface area contributed by atoms with Gasteiger partial charge in [0, 0.05) is 13.1 Å². The van der Waals surface area contributed by atoms with Crippen molar-refractivity contribution in [3.8, 4) is 0 Å². The number of carbonyl (C=O) groups excluding carboxylic acids is 1. The lowest BCUT2D eigenvalue weighted by atomic mass is 9.66. The number of benzene rings is 1. The molecule has 1 saturated carbocycles. The predicted molar refractivity (Wildman–Crippen MR) is 77.2 cm³/mol. The Kier molecular flexibility index (Phi) is 4.27. The van der Waals surface area contributed by atoms with E-state index in [9.17, 15) is 4.79 Å². The lowest BCUT2D eigenvalue weighted by molar-refractivity contribution is -0.142. The molecule has 2 rings (SSSR count). The van der Waals surface area contributed by atoms with Crippen molar-refractivity contribution in [1.82, 2.24) is 4.90 Å². The van der Waals surface area contributed by atoms with Gasteiger partial charge in [0.2, 0.25) is 5.91 Å². The first-order valence-electron chi connectivity index (χ1n) is 6.95. The normalized spacial score (nSPS) is 17.4. The second kappa shape index (κ2) is 5.94. The van der Waals surface area contributed by atoms with Crippen LogP contribution in [0.4, 0.5) is 0 Å². The van der Waals surface area contributed by atoms with Gasteiger partial charge in [0.25, 0.3) is 0 Å². The van der Waals surface area contributed by atoms with E-state index in [0.717, 1.165) is 12.0 Å². The van der Waals surface area contributed by atoms with Crippen LogP contribution in [0.3, 0.4) is 0 Å². The second-order valence-electron chi connectivity index (χ2n) is 5.23. The smallest absolute Gasteiger partial charge is 0.236 e. The SMILES string of the molecule is CCN(Cc1ccccc1)C(=O)C1(/C(N)=N/O)CCC1. The van der Waals surface area contributed by atoms with Gasteiger partial charge in [-0.05, 0) is 25.3 Å². The van der Waals surface area contributed by atoms with Crippen molar-refractivity contribution in [2.45, 2.75) is 32.7 Å². The summed E-state index contributed by atoms with van der Waals surface area (Å²) in [7, 11) is 0. The summed E-state index contributed by atoms with van der Waals surface area (Å²) in [6, 6.07) is 9.85. The molecule has 0 bridgehead atoms. The highest BCUT2D eigenvalue weighted by Gasteiger charge is 2.50. The number of hydrogen-bond acceptors (Lipinski definition) is 3. The fourth-order valence-electron chi connectivity index (χ4n) is 2.64. The molecular weight excluding hydrogens is 254 g/mol. The van der Waals surface area contributed by atoms with Crippen LogP contribution in [0, 0.1) is 5.41 Å². The van der Waals surface area contributed by atoms with E-state index in [0.29, 0.717) is 25.9 Å². The zero-order chi connectivity index (χ0) is 14.6. The molecule has 0 atom stereocenters. The third-order valence-corrected chi connectivity index (χ3v) is 4.10. The minimum Gasteiger partial charge on any atom is -0.409 e. The first-order valence-corrected chi connectivity index (χ1v) is 6.95. The van der Waals surface area contributed by atoms with Gasteiger partial charge in [0.1, 0.15) is 5.41 Å². The van der Waals surface area contributed by atoms with Crippen molar-refractivity contribution in [3.63, 3.8) is 0 Å². The summed E-state index contributed by atoms with van der Waals surface area (Å²) in [4.78, 5) is 14.5. The Bertz CT molecular complexity index is 495. The number of hydrogen-bond donors (Lipinski definition) is 2. The maximum Gasteiger partial charge on any atom is 0.236 e. The van der Waals surface area contributed by atoms with Gasteiger partial charge >= 0.3 is 0 Å². The maximum absolute atomic E-state index is 12.7. The number of amides is 1. The Morgan fingerprint density at radius 2 is 2.05 bits per heavy atom. The third-order valence-electron chi connectivity index (χ3n) is 4.10. The van der Waals surface area contributed by atoms with Gasteiger partial charge in [-0.15, -0.1) is 0 Å². The van der Waals surface area contributed by atoms with E-state index >= 15 is 0 Å². The van der Waals surface area contributed by atoms with E-state index in [2.05, 4.69) is 5.16 Å². The second-order valence-corrected chi connectivity index (χ2v) is 5.23. The Morgan fingerprint density at radius 3 is 2.50 bits per heavy atom. The molecule has 0 unspecified atom stereocenters. The molecule has 5 heteroatoms. The molecular formula is C15H21N3O2. The Labute approximate surface area is 119 Å². The number of nitrogens with zero attached hydrogens (tertiary/aromatic N) is 2. The molecule has 108 valence electrons. The van der Waals surface area contributed by atoms with Gasteiger partial charge in [0.15, 0.2) is 5.84 Å². The third kappa shape index (κ3) is 2.48. The molecule has 1 aromatic rings. The van der Waals surface area contributed by atoms with Crippen LogP contribution in [-0.4, -0.2) is 28.4 Å². The summed E-state index contributed by atoms with van der Waals surface area (Å²) >= 11 is 0. The summed E-state index contributed by atoms with van der Waals surface area (Å²) < 4.78 is 0. The van der Waals surface area contributed by atoms with Gasteiger partial charge < -0.3 is 15.8 Å². The van der Waals surface area contributed by atoms with E-state index in [1.54, 1.807) is 4.90 Å². The average molecular weight is 275 g/mol. The van der Waals surface area contributed by atoms with Gasteiger partial charge in [-0.1, -0.05) is 41.9 Å². The summed E-state index contributed by atoms with van der Waals surface area (Å²) in [6.07, 6.45) is 2.25. The van der Waals surface area contributed by atoms with Crippen LogP contribution < -0.4 is 5.73 Å². The molecule has 0 aromatic heterocycles. The van der Waals surface area contributed by atoms with E-state index in [1.807, 2.05) is 37.3 Å². The van der Waals surface area contributed by atoms with E-state index in [1.165, 1.54) is 0 Å². The van der Waals surface area contributed by atoms with Crippen LogP contribution in [0.5, 0.6) is 0 Å². The van der Waals surface area contributed by atoms with Crippen molar-refractivity contribution in [3.05, 3.63) is 35.9 Å². The van der Waals surface area contributed by atoms with Crippen LogP contribution in [-0.2, 0) is 11.3 Å². The van der Waals surface area contributed by atoms with Crippen LogP contribution in [0.15, 0.2) is 35.5 Å². The van der Waals surface area contributed by atoms with E-state index in [-0.39, 0.29) is 11.7 Å². The number of oxime groups is 1. The molecule has 1 amide bonds. The summed E-state index contributed by atoms with van der Waals surface area (Å²) in [6.45, 7) is 3.10. The summed E-state index contributed by atoms with van der Waals surface area (Å²) in [5.74, 6) is 0.00525. The van der Waals surface area contributed by atoms with E-state index in [4.69, 9.17) is 10.9 Å². The number of nitrogens with two attached hydrogens (primary N) is 1. The van der Waals surface area contributed by atoms with Crippen molar-refractivity contribution in [2.24, 2.45) is 16.3 Å². The largest absolute Gasteiger partial charge is 0.409 e. The van der Waals surface area contributed by atoms with Gasteiger partial charge in [-0.2, -0.15) is 0 Å².